The van der Waals surface area contributed by atoms with Crippen LogP contribution in [0.5, 0.6) is 0 Å². The Hall–Kier alpha value is -2.63. The summed E-state index contributed by atoms with van der Waals surface area (Å²) in [4.78, 5) is 26.0. The van der Waals surface area contributed by atoms with Gasteiger partial charge < -0.3 is 15.5 Å². The number of aliphatic hydroxyl groups excluding tert-OH is 1. The van der Waals surface area contributed by atoms with E-state index in [4.69, 9.17) is 5.11 Å². The Morgan fingerprint density at radius 3 is 2.58 bits per heavy atom. The van der Waals surface area contributed by atoms with Crippen molar-refractivity contribution in [3.05, 3.63) is 46.7 Å². The van der Waals surface area contributed by atoms with E-state index in [2.05, 4.69) is 10.3 Å². The van der Waals surface area contributed by atoms with Gasteiger partial charge >= 0.3 is 5.97 Å². The molecule has 0 aliphatic carbocycles. The molecule has 1 aromatic rings. The second-order valence-corrected chi connectivity index (χ2v) is 4.01. The molecule has 1 amide bonds. The summed E-state index contributed by atoms with van der Waals surface area (Å²) in [6, 6.07) is 6.30. The molecule has 1 heterocycles. The quantitative estimate of drug-likeness (QED) is 0.700. The maximum Gasteiger partial charge on any atom is 0.335 e. The average Bonchev–Trinajstić information content (AvgIpc) is 2.71. The number of rotatable bonds is 4. The lowest BCUT2D eigenvalue weighted by Crippen LogP contribution is -2.17. The second-order valence-electron chi connectivity index (χ2n) is 4.01. The number of hydrogen-bond acceptors (Lipinski definition) is 4. The van der Waals surface area contributed by atoms with Gasteiger partial charge in [0.15, 0.2) is 0 Å². The summed E-state index contributed by atoms with van der Waals surface area (Å²) >= 11 is 0. The number of nitrogens with one attached hydrogen (secondary N) is 1. The maximum absolute atomic E-state index is 11.3. The van der Waals surface area contributed by atoms with Crippen molar-refractivity contribution in [2.45, 2.75) is 6.54 Å². The van der Waals surface area contributed by atoms with E-state index >= 15 is 0 Å². The van der Waals surface area contributed by atoms with Crippen LogP contribution in [0.1, 0.15) is 15.9 Å². The van der Waals surface area contributed by atoms with E-state index in [1.165, 1.54) is 18.3 Å². The Balaban J connectivity index is 2.01. The number of amides is 1. The van der Waals surface area contributed by atoms with Crippen LogP contribution in [-0.2, 0) is 11.3 Å². The van der Waals surface area contributed by atoms with E-state index in [1.54, 1.807) is 12.1 Å². The molecule has 0 aromatic heterocycles. The largest absolute Gasteiger partial charge is 0.510 e. The number of carbonyl (C=O) groups is 2. The second kappa shape index (κ2) is 5.34. The number of benzene rings is 1. The molecule has 0 bridgehead atoms. The molecule has 0 unspecified atom stereocenters. The molecule has 0 atom stereocenters. The monoisotopic (exact) mass is 260 g/mol. The van der Waals surface area contributed by atoms with Crippen LogP contribution in [0.3, 0.4) is 0 Å². The third-order valence-electron chi connectivity index (χ3n) is 2.67. The standard InChI is InChI=1S/C13H12N2O4/c16-11-7-15-12(17)10(11)6-14-5-8-1-3-9(4-2-8)13(18)19/h1-4,6,16H,5,7H2,(H,15,17)(H,18,19). The van der Waals surface area contributed by atoms with Crippen LogP contribution in [-0.4, -0.2) is 34.8 Å². The molecule has 0 radical (unpaired) electrons. The lowest BCUT2D eigenvalue weighted by molar-refractivity contribution is -0.116. The number of aromatic carboxylic acids is 1. The fourth-order valence-electron chi connectivity index (χ4n) is 1.61. The molecule has 1 aliphatic heterocycles. The smallest absolute Gasteiger partial charge is 0.335 e. The van der Waals surface area contributed by atoms with Gasteiger partial charge in [-0.15, -0.1) is 0 Å². The lowest BCUT2D eigenvalue weighted by Gasteiger charge is -1.98. The first-order chi connectivity index (χ1) is 9.08. The summed E-state index contributed by atoms with van der Waals surface area (Å²) < 4.78 is 0. The molecule has 19 heavy (non-hydrogen) atoms. The first kappa shape index (κ1) is 12.8. The number of aliphatic imine (C=N–C) groups is 1. The van der Waals surface area contributed by atoms with Crippen LogP contribution in [0.15, 0.2) is 40.6 Å². The Morgan fingerprint density at radius 1 is 1.37 bits per heavy atom. The molecule has 1 aromatic carbocycles. The molecule has 0 fully saturated rings. The van der Waals surface area contributed by atoms with Crippen molar-refractivity contribution >= 4 is 18.1 Å². The zero-order chi connectivity index (χ0) is 13.8. The van der Waals surface area contributed by atoms with Crippen LogP contribution >= 0.6 is 0 Å². The normalized spacial score (nSPS) is 15.1. The zero-order valence-electron chi connectivity index (χ0n) is 9.96. The summed E-state index contributed by atoms with van der Waals surface area (Å²) in [5.74, 6) is -1.34. The number of hydrogen-bond donors (Lipinski definition) is 3. The SMILES string of the molecule is O=C1NCC(O)=C1C=NCc1ccc(C(=O)O)cc1. The van der Waals surface area contributed by atoms with Crippen molar-refractivity contribution in [2.75, 3.05) is 6.54 Å². The minimum absolute atomic E-state index is 0.0185. The Morgan fingerprint density at radius 2 is 2.05 bits per heavy atom. The van der Waals surface area contributed by atoms with Crippen molar-refractivity contribution < 1.29 is 19.8 Å². The number of carboxylic acid groups (broad SMARTS) is 1. The van der Waals surface area contributed by atoms with Gasteiger partial charge in [0.05, 0.1) is 24.2 Å². The van der Waals surface area contributed by atoms with Gasteiger partial charge in [-0.3, -0.25) is 9.79 Å². The number of carboxylic acids is 1. The van der Waals surface area contributed by atoms with Crippen molar-refractivity contribution in [3.8, 4) is 0 Å². The molecule has 3 N–H and O–H groups in total. The Bertz CT molecular complexity index is 573. The first-order valence-corrected chi connectivity index (χ1v) is 5.60. The number of aliphatic hydroxyl groups is 1. The number of carbonyl (C=O) groups excluding carboxylic acids is 1. The lowest BCUT2D eigenvalue weighted by atomic mass is 10.1. The van der Waals surface area contributed by atoms with Crippen LogP contribution in [0, 0.1) is 0 Å². The highest BCUT2D eigenvalue weighted by atomic mass is 16.4. The third kappa shape index (κ3) is 2.98. The molecule has 0 saturated carbocycles. The molecule has 6 nitrogen and oxygen atoms in total. The van der Waals surface area contributed by atoms with Crippen molar-refractivity contribution in [2.24, 2.45) is 4.99 Å². The Labute approximate surface area is 109 Å². The zero-order valence-corrected chi connectivity index (χ0v) is 9.96. The first-order valence-electron chi connectivity index (χ1n) is 5.60. The van der Waals surface area contributed by atoms with E-state index in [0.717, 1.165) is 5.56 Å². The maximum atomic E-state index is 11.3. The molecule has 6 heteroatoms. The fourth-order valence-corrected chi connectivity index (χ4v) is 1.61. The summed E-state index contributed by atoms with van der Waals surface area (Å²) in [6.45, 7) is 0.442. The van der Waals surface area contributed by atoms with Crippen molar-refractivity contribution in [1.29, 1.82) is 0 Å². The van der Waals surface area contributed by atoms with Gasteiger partial charge in [-0.2, -0.15) is 0 Å². The highest BCUT2D eigenvalue weighted by Crippen LogP contribution is 2.08. The highest BCUT2D eigenvalue weighted by Gasteiger charge is 2.19. The van der Waals surface area contributed by atoms with Gasteiger partial charge in [0.1, 0.15) is 5.76 Å². The Kier molecular flexibility index (Phi) is 3.61. The van der Waals surface area contributed by atoms with Gasteiger partial charge in [0, 0.05) is 6.21 Å². The predicted molar refractivity (Wildman–Crippen MR) is 68.3 cm³/mol. The van der Waals surface area contributed by atoms with E-state index in [1.807, 2.05) is 0 Å². The van der Waals surface area contributed by atoms with Gasteiger partial charge in [0.25, 0.3) is 5.91 Å². The summed E-state index contributed by atoms with van der Waals surface area (Å²) in [5.41, 5.74) is 1.20. The minimum Gasteiger partial charge on any atom is -0.510 e. The van der Waals surface area contributed by atoms with E-state index in [-0.39, 0.29) is 29.3 Å². The van der Waals surface area contributed by atoms with Gasteiger partial charge in [-0.1, -0.05) is 12.1 Å². The van der Waals surface area contributed by atoms with Crippen LogP contribution in [0.25, 0.3) is 0 Å². The topological polar surface area (TPSA) is 99.0 Å². The van der Waals surface area contributed by atoms with Crippen LogP contribution in [0.4, 0.5) is 0 Å². The molecule has 0 spiro atoms. The summed E-state index contributed by atoms with van der Waals surface area (Å²) in [5, 5.41) is 20.6. The average molecular weight is 260 g/mol. The molecule has 1 aliphatic rings. The van der Waals surface area contributed by atoms with Crippen molar-refractivity contribution in [1.82, 2.24) is 5.32 Å². The van der Waals surface area contributed by atoms with Gasteiger partial charge in [0.2, 0.25) is 0 Å². The molecule has 0 saturated heterocycles. The summed E-state index contributed by atoms with van der Waals surface area (Å²) in [6.07, 6.45) is 1.32. The van der Waals surface area contributed by atoms with Crippen molar-refractivity contribution in [3.63, 3.8) is 0 Å². The fraction of sp³-hybridized carbons (Fsp3) is 0.154. The number of nitrogens with zero attached hydrogens (tertiary/aromatic N) is 1. The third-order valence-corrected chi connectivity index (χ3v) is 2.67. The van der Waals surface area contributed by atoms with Gasteiger partial charge in [-0.25, -0.2) is 4.79 Å². The molecule has 2 rings (SSSR count). The van der Waals surface area contributed by atoms with E-state index in [9.17, 15) is 14.7 Å². The van der Waals surface area contributed by atoms with E-state index < -0.39 is 5.97 Å². The highest BCUT2D eigenvalue weighted by molar-refractivity contribution is 6.14. The minimum atomic E-state index is -0.979. The van der Waals surface area contributed by atoms with Gasteiger partial charge in [-0.05, 0) is 17.7 Å². The van der Waals surface area contributed by atoms with Crippen LogP contribution in [0.2, 0.25) is 0 Å². The van der Waals surface area contributed by atoms with E-state index in [0.29, 0.717) is 6.54 Å². The van der Waals surface area contributed by atoms with Crippen LogP contribution < -0.4 is 5.32 Å². The molecular weight excluding hydrogens is 248 g/mol. The molecule has 98 valence electrons. The molecular formula is C13H12N2O4. The predicted octanol–water partition coefficient (Wildman–Crippen LogP) is 0.897. The summed E-state index contributed by atoms with van der Waals surface area (Å²) in [7, 11) is 0.